The average Bonchev–Trinajstić information content (AvgIpc) is 3.88. The molecule has 0 aliphatic heterocycles. The summed E-state index contributed by atoms with van der Waals surface area (Å²) in [5.74, 6) is 1.74. The van der Waals surface area contributed by atoms with E-state index in [0.717, 1.165) is 94.1 Å². The zero-order valence-electron chi connectivity index (χ0n) is 33.5. The lowest BCUT2D eigenvalue weighted by Gasteiger charge is -2.12. The van der Waals surface area contributed by atoms with Crippen molar-refractivity contribution in [1.82, 2.24) is 29.1 Å². The van der Waals surface area contributed by atoms with Gasteiger partial charge in [0, 0.05) is 49.5 Å². The van der Waals surface area contributed by atoms with Crippen LogP contribution in [0.15, 0.2) is 218 Å². The van der Waals surface area contributed by atoms with E-state index in [4.69, 9.17) is 19.9 Å². The van der Waals surface area contributed by atoms with Crippen LogP contribution in [0.4, 0.5) is 0 Å². The topological polar surface area (TPSA) is 61.4 Å². The van der Waals surface area contributed by atoms with Crippen LogP contribution in [0.5, 0.6) is 0 Å². The van der Waals surface area contributed by atoms with Gasteiger partial charge in [-0.2, -0.15) is 9.97 Å². The highest BCUT2D eigenvalue weighted by Gasteiger charge is 2.23. The molecule has 8 aromatic carbocycles. The molecule has 0 atom stereocenters. The first-order chi connectivity index (χ1) is 30.7. The van der Waals surface area contributed by atoms with Crippen LogP contribution in [-0.4, -0.2) is 29.1 Å². The second-order valence-corrected chi connectivity index (χ2v) is 15.5. The number of hydrogen-bond donors (Lipinski definition) is 0. The van der Waals surface area contributed by atoms with E-state index in [9.17, 15) is 0 Å². The quantitative estimate of drug-likeness (QED) is 0.161. The summed E-state index contributed by atoms with van der Waals surface area (Å²) in [7, 11) is 0. The minimum absolute atomic E-state index is 0.554. The Labute approximate surface area is 357 Å². The van der Waals surface area contributed by atoms with E-state index in [-0.39, 0.29) is 0 Å². The summed E-state index contributed by atoms with van der Waals surface area (Å²) in [6.45, 7) is 0. The Hall–Kier alpha value is -8.48. The normalized spacial score (nSPS) is 11.5. The highest BCUT2D eigenvalue weighted by molar-refractivity contribution is 6.26. The molecule has 12 rings (SSSR count). The number of fused-ring (bicyclic) bond motifs is 7. The van der Waals surface area contributed by atoms with Gasteiger partial charge < -0.3 is 4.57 Å². The van der Waals surface area contributed by atoms with Crippen molar-refractivity contribution < 1.29 is 0 Å². The third kappa shape index (κ3) is 5.96. The number of hydrogen-bond acceptors (Lipinski definition) is 4. The third-order valence-corrected chi connectivity index (χ3v) is 11.8. The molecule has 6 nitrogen and oxygen atoms in total. The predicted molar refractivity (Wildman–Crippen MR) is 253 cm³/mol. The van der Waals surface area contributed by atoms with E-state index in [1.807, 2.05) is 30.3 Å². The highest BCUT2D eigenvalue weighted by Crippen LogP contribution is 2.42. The van der Waals surface area contributed by atoms with E-state index in [1.165, 1.54) is 0 Å². The zero-order valence-corrected chi connectivity index (χ0v) is 33.5. The van der Waals surface area contributed by atoms with Crippen molar-refractivity contribution >= 4 is 43.6 Å². The first kappa shape index (κ1) is 35.5. The van der Waals surface area contributed by atoms with Gasteiger partial charge in [0.05, 0.1) is 33.5 Å². The van der Waals surface area contributed by atoms with Gasteiger partial charge in [-0.1, -0.05) is 176 Å². The van der Waals surface area contributed by atoms with Gasteiger partial charge >= 0.3 is 0 Å². The van der Waals surface area contributed by atoms with Crippen LogP contribution in [-0.2, 0) is 0 Å². The smallest absolute Gasteiger partial charge is 0.238 e. The second-order valence-electron chi connectivity index (χ2n) is 15.5. The standard InChI is InChI=1S/C56H36N6/c1-5-17-37(18-6-1)42-35-47(38-19-7-2-8-20-38)57-48(36-42)39-29-31-41(32-30-39)55-58-54(40-21-9-3-10-22-40)59-56(60-55)62-49-27-15-13-25-44(49)45-33-34-51-52(53(45)62)46-26-14-16-28-50(46)61(51)43-23-11-4-12-24-43/h1-36H. The van der Waals surface area contributed by atoms with Gasteiger partial charge in [-0.3, -0.25) is 4.57 Å². The monoisotopic (exact) mass is 792 g/mol. The SMILES string of the molecule is c1ccc(-c2cc(-c3ccccc3)nc(-c3ccc(-c4nc(-c5ccccc5)nc(-n5c6ccccc6c6ccc7c(c8ccccc8n7-c7ccccc7)c65)n4)cc3)c2)cc1. The fraction of sp³-hybridized carbons (Fsp3) is 0. The number of pyridine rings is 1. The molecule has 290 valence electrons. The fourth-order valence-electron chi connectivity index (χ4n) is 8.90. The van der Waals surface area contributed by atoms with E-state index in [0.29, 0.717) is 17.6 Å². The van der Waals surface area contributed by atoms with E-state index < -0.39 is 0 Å². The predicted octanol–water partition coefficient (Wildman–Crippen LogP) is 13.8. The van der Waals surface area contributed by atoms with Gasteiger partial charge in [-0.15, -0.1) is 0 Å². The molecule has 0 fully saturated rings. The minimum atomic E-state index is 0.554. The molecular weight excluding hydrogens is 757 g/mol. The van der Waals surface area contributed by atoms with Crippen molar-refractivity contribution in [3.05, 3.63) is 218 Å². The number of nitrogens with zero attached hydrogens (tertiary/aromatic N) is 6. The summed E-state index contributed by atoms with van der Waals surface area (Å²) in [6.07, 6.45) is 0. The van der Waals surface area contributed by atoms with Gasteiger partial charge in [0.25, 0.3) is 0 Å². The fourth-order valence-corrected chi connectivity index (χ4v) is 8.90. The molecule has 0 N–H and O–H groups in total. The minimum Gasteiger partial charge on any atom is -0.309 e. The molecule has 0 aliphatic carbocycles. The Morgan fingerprint density at radius 2 is 0.774 bits per heavy atom. The maximum absolute atomic E-state index is 5.35. The summed E-state index contributed by atoms with van der Waals surface area (Å²) in [5.41, 5.74) is 13.4. The molecule has 12 aromatic rings. The summed E-state index contributed by atoms with van der Waals surface area (Å²) in [4.78, 5) is 21.0. The lowest BCUT2D eigenvalue weighted by molar-refractivity contribution is 0.955. The molecule has 0 bridgehead atoms. The number of rotatable bonds is 7. The molecule has 4 aromatic heterocycles. The lowest BCUT2D eigenvalue weighted by atomic mass is 9.99. The largest absolute Gasteiger partial charge is 0.309 e. The van der Waals surface area contributed by atoms with Crippen LogP contribution in [0.25, 0.3) is 112 Å². The Bertz CT molecular complexity index is 3540. The van der Waals surface area contributed by atoms with Crippen molar-refractivity contribution in [1.29, 1.82) is 0 Å². The van der Waals surface area contributed by atoms with Crippen LogP contribution in [0, 0.1) is 0 Å². The molecule has 0 saturated carbocycles. The van der Waals surface area contributed by atoms with Crippen molar-refractivity contribution in [2.75, 3.05) is 0 Å². The maximum atomic E-state index is 5.35. The van der Waals surface area contributed by atoms with E-state index in [1.54, 1.807) is 0 Å². The van der Waals surface area contributed by atoms with Crippen LogP contribution in [0.2, 0.25) is 0 Å². The molecule has 0 aliphatic rings. The van der Waals surface area contributed by atoms with Gasteiger partial charge in [-0.25, -0.2) is 9.97 Å². The molecule has 4 heterocycles. The average molecular weight is 793 g/mol. The first-order valence-electron chi connectivity index (χ1n) is 20.8. The Balaban J connectivity index is 1.07. The molecule has 0 spiro atoms. The number of benzene rings is 8. The van der Waals surface area contributed by atoms with Crippen LogP contribution in [0.3, 0.4) is 0 Å². The maximum Gasteiger partial charge on any atom is 0.238 e. The molecule has 0 radical (unpaired) electrons. The number of para-hydroxylation sites is 3. The van der Waals surface area contributed by atoms with Gasteiger partial charge in [0.2, 0.25) is 5.95 Å². The van der Waals surface area contributed by atoms with E-state index in [2.05, 4.69) is 197 Å². The summed E-state index contributed by atoms with van der Waals surface area (Å²) < 4.78 is 4.60. The molecular formula is C56H36N6. The second kappa shape index (κ2) is 14.7. The zero-order chi connectivity index (χ0) is 41.0. The molecule has 0 unspecified atom stereocenters. The lowest BCUT2D eigenvalue weighted by Crippen LogP contribution is -2.06. The summed E-state index contributed by atoms with van der Waals surface area (Å²) in [6, 6.07) is 76.1. The highest BCUT2D eigenvalue weighted by atomic mass is 15.2. The molecule has 0 saturated heterocycles. The van der Waals surface area contributed by atoms with Gasteiger partial charge in [0.1, 0.15) is 0 Å². The Morgan fingerprint density at radius 1 is 0.290 bits per heavy atom. The van der Waals surface area contributed by atoms with Crippen molar-refractivity contribution in [2.24, 2.45) is 0 Å². The Morgan fingerprint density at radius 3 is 1.42 bits per heavy atom. The van der Waals surface area contributed by atoms with Crippen molar-refractivity contribution in [3.8, 4) is 68.1 Å². The van der Waals surface area contributed by atoms with Crippen LogP contribution >= 0.6 is 0 Å². The van der Waals surface area contributed by atoms with Crippen LogP contribution in [0.1, 0.15) is 0 Å². The molecule has 0 amide bonds. The molecule has 6 heteroatoms. The van der Waals surface area contributed by atoms with Crippen molar-refractivity contribution in [2.45, 2.75) is 0 Å². The molecule has 62 heavy (non-hydrogen) atoms. The van der Waals surface area contributed by atoms with Gasteiger partial charge in [-0.05, 0) is 53.6 Å². The summed E-state index contributed by atoms with van der Waals surface area (Å²) in [5, 5.41) is 4.57. The van der Waals surface area contributed by atoms with Gasteiger partial charge in [0.15, 0.2) is 11.6 Å². The Kier molecular flexibility index (Phi) is 8.38. The third-order valence-electron chi connectivity index (χ3n) is 11.8. The number of aromatic nitrogens is 6. The van der Waals surface area contributed by atoms with Crippen LogP contribution < -0.4 is 0 Å². The van der Waals surface area contributed by atoms with E-state index >= 15 is 0 Å². The first-order valence-corrected chi connectivity index (χ1v) is 20.8. The summed E-state index contributed by atoms with van der Waals surface area (Å²) >= 11 is 0. The van der Waals surface area contributed by atoms with Crippen molar-refractivity contribution in [3.63, 3.8) is 0 Å².